The summed E-state index contributed by atoms with van der Waals surface area (Å²) in [6.07, 6.45) is 4.83. The van der Waals surface area contributed by atoms with Crippen molar-refractivity contribution in [3.8, 4) is 22.5 Å². The summed E-state index contributed by atoms with van der Waals surface area (Å²) in [5.74, 6) is 0.709. The van der Waals surface area contributed by atoms with Crippen LogP contribution < -0.4 is 11.5 Å². The number of rotatable bonds is 5. The summed E-state index contributed by atoms with van der Waals surface area (Å²) >= 11 is 0. The first-order chi connectivity index (χ1) is 15.9. The third kappa shape index (κ3) is 3.62. The van der Waals surface area contributed by atoms with E-state index in [-0.39, 0.29) is 5.54 Å². The number of benzene rings is 2. The van der Waals surface area contributed by atoms with E-state index in [0.717, 1.165) is 35.1 Å². The van der Waals surface area contributed by atoms with E-state index in [4.69, 9.17) is 26.3 Å². The summed E-state index contributed by atoms with van der Waals surface area (Å²) in [6.45, 7) is 3.47. The molecule has 1 aliphatic rings. The summed E-state index contributed by atoms with van der Waals surface area (Å²) < 4.78 is 6.26. The molecule has 0 aliphatic heterocycles. The summed E-state index contributed by atoms with van der Waals surface area (Å²) in [5, 5.41) is 8.14. The molecule has 1 aliphatic carbocycles. The zero-order valence-electron chi connectivity index (χ0n) is 18.9. The fraction of sp³-hybridized carbons (Fsp3) is 0.222. The molecular weight excluding hydrogens is 410 g/mol. The van der Waals surface area contributed by atoms with Crippen LogP contribution in [0.25, 0.3) is 39.3 Å². The normalized spacial score (nSPS) is 15.7. The van der Waals surface area contributed by atoms with Gasteiger partial charge in [0.1, 0.15) is 11.3 Å². The molecule has 33 heavy (non-hydrogen) atoms. The van der Waals surface area contributed by atoms with Crippen LogP contribution in [0.1, 0.15) is 44.4 Å². The van der Waals surface area contributed by atoms with E-state index >= 15 is 0 Å². The number of fused-ring (bicyclic) bond motifs is 1. The minimum absolute atomic E-state index is 0.208. The van der Waals surface area contributed by atoms with Gasteiger partial charge in [-0.1, -0.05) is 54.6 Å². The van der Waals surface area contributed by atoms with Crippen molar-refractivity contribution in [2.45, 2.75) is 38.6 Å². The summed E-state index contributed by atoms with van der Waals surface area (Å²) in [5.41, 5.74) is 19.4. The minimum Gasteiger partial charge on any atom is -0.436 e. The maximum atomic E-state index is 8.14. The highest BCUT2D eigenvalue weighted by molar-refractivity contribution is 6.21. The molecule has 0 atom stereocenters. The number of nitrogens with zero attached hydrogens (tertiary/aromatic N) is 2. The largest absolute Gasteiger partial charge is 0.436 e. The quantitative estimate of drug-likeness (QED) is 0.350. The molecule has 1 saturated carbocycles. The second kappa shape index (κ2) is 7.98. The zero-order valence-corrected chi connectivity index (χ0v) is 18.9. The third-order valence-corrected chi connectivity index (χ3v) is 6.46. The Labute approximate surface area is 192 Å². The van der Waals surface area contributed by atoms with Gasteiger partial charge in [-0.05, 0) is 44.2 Å². The van der Waals surface area contributed by atoms with Crippen LogP contribution in [0.15, 0.2) is 70.9 Å². The van der Waals surface area contributed by atoms with Gasteiger partial charge in [-0.3, -0.25) is 0 Å². The van der Waals surface area contributed by atoms with E-state index in [1.54, 1.807) is 20.0 Å². The molecule has 2 heterocycles. The molecule has 166 valence electrons. The molecule has 6 heteroatoms. The van der Waals surface area contributed by atoms with E-state index in [1.165, 1.54) is 6.42 Å². The van der Waals surface area contributed by atoms with Gasteiger partial charge in [0.15, 0.2) is 0 Å². The lowest BCUT2D eigenvalue weighted by Crippen LogP contribution is -2.43. The average molecular weight is 438 g/mol. The van der Waals surface area contributed by atoms with E-state index in [2.05, 4.69) is 29.2 Å². The highest BCUT2D eigenvalue weighted by Gasteiger charge is 2.34. The Morgan fingerprint density at radius 3 is 2.27 bits per heavy atom. The first-order valence-electron chi connectivity index (χ1n) is 11.1. The van der Waals surface area contributed by atoms with Crippen molar-refractivity contribution in [3.63, 3.8) is 0 Å². The van der Waals surface area contributed by atoms with Crippen LogP contribution >= 0.6 is 0 Å². The lowest BCUT2D eigenvalue weighted by atomic mass is 9.72. The number of aromatic nitrogens is 2. The van der Waals surface area contributed by atoms with Crippen molar-refractivity contribution < 1.29 is 4.42 Å². The lowest BCUT2D eigenvalue weighted by molar-refractivity contribution is 0.253. The molecule has 1 fully saturated rings. The SMILES string of the molecule is CC(=N)/C(=C(/C)N)c1cnc2oc(-c3ccc(C4(N)CCC4)cc3)c(-c3ccccc3)c2n1. The van der Waals surface area contributed by atoms with Crippen LogP contribution in [-0.2, 0) is 5.54 Å². The monoisotopic (exact) mass is 437 g/mol. The van der Waals surface area contributed by atoms with Crippen molar-refractivity contribution in [2.75, 3.05) is 0 Å². The molecule has 0 unspecified atom stereocenters. The van der Waals surface area contributed by atoms with E-state index in [1.807, 2.05) is 30.3 Å². The standard InChI is InChI=1S/C27H27N5O/c1-16(28)22(17(2)29)21-15-31-26-24(32-21)23(18-7-4-3-5-8-18)25(33-26)19-9-11-20(12-10-19)27(30)13-6-14-27/h3-5,7-12,15,28H,6,13-14,29-30H2,1-2H3/b22-17+,28-16?. The van der Waals surface area contributed by atoms with Crippen LogP contribution in [0.5, 0.6) is 0 Å². The van der Waals surface area contributed by atoms with Gasteiger partial charge in [0.2, 0.25) is 5.71 Å². The Morgan fingerprint density at radius 1 is 1.00 bits per heavy atom. The number of allylic oxidation sites excluding steroid dienone is 2. The molecule has 6 nitrogen and oxygen atoms in total. The molecular formula is C27H27N5O. The second-order valence-electron chi connectivity index (χ2n) is 8.85. The van der Waals surface area contributed by atoms with Gasteiger partial charge in [-0.2, -0.15) is 0 Å². The first-order valence-corrected chi connectivity index (χ1v) is 11.1. The Balaban J connectivity index is 1.71. The smallest absolute Gasteiger partial charge is 0.246 e. The van der Waals surface area contributed by atoms with Crippen LogP contribution in [0, 0.1) is 5.41 Å². The predicted octanol–water partition coefficient (Wildman–Crippen LogP) is 5.62. The van der Waals surface area contributed by atoms with Crippen LogP contribution in [-0.4, -0.2) is 15.7 Å². The molecule has 5 rings (SSSR count). The van der Waals surface area contributed by atoms with Gasteiger partial charge >= 0.3 is 0 Å². The van der Waals surface area contributed by atoms with Gasteiger partial charge < -0.3 is 21.3 Å². The maximum absolute atomic E-state index is 8.14. The molecule has 2 aromatic heterocycles. The Bertz CT molecular complexity index is 1380. The van der Waals surface area contributed by atoms with Crippen LogP contribution in [0.3, 0.4) is 0 Å². The molecule has 0 bridgehead atoms. The zero-order chi connectivity index (χ0) is 23.2. The van der Waals surface area contributed by atoms with Crippen LogP contribution in [0.2, 0.25) is 0 Å². The van der Waals surface area contributed by atoms with E-state index in [9.17, 15) is 0 Å². The van der Waals surface area contributed by atoms with Crippen LogP contribution in [0.4, 0.5) is 0 Å². The average Bonchev–Trinajstić information content (AvgIpc) is 3.16. The molecule has 0 amide bonds. The minimum atomic E-state index is -0.208. The summed E-state index contributed by atoms with van der Waals surface area (Å²) in [7, 11) is 0. The molecule has 2 aromatic carbocycles. The maximum Gasteiger partial charge on any atom is 0.246 e. The van der Waals surface area contributed by atoms with Crippen molar-refractivity contribution in [1.29, 1.82) is 5.41 Å². The number of nitrogens with two attached hydrogens (primary N) is 2. The lowest BCUT2D eigenvalue weighted by Gasteiger charge is -2.38. The van der Waals surface area contributed by atoms with Gasteiger partial charge in [0.05, 0.1) is 17.5 Å². The van der Waals surface area contributed by atoms with E-state index in [0.29, 0.717) is 39.7 Å². The molecule has 0 radical (unpaired) electrons. The second-order valence-corrected chi connectivity index (χ2v) is 8.85. The third-order valence-electron chi connectivity index (χ3n) is 6.46. The van der Waals surface area contributed by atoms with Crippen molar-refractivity contribution in [2.24, 2.45) is 11.5 Å². The topological polar surface area (TPSA) is 115 Å². The number of hydrogen-bond donors (Lipinski definition) is 3. The van der Waals surface area contributed by atoms with Crippen molar-refractivity contribution >= 4 is 22.5 Å². The Hall–Kier alpha value is -3.77. The van der Waals surface area contributed by atoms with Crippen molar-refractivity contribution in [3.05, 3.63) is 77.7 Å². The van der Waals surface area contributed by atoms with Gasteiger partial charge in [-0.25, -0.2) is 9.97 Å². The fourth-order valence-electron chi connectivity index (χ4n) is 4.56. The van der Waals surface area contributed by atoms with Gasteiger partial charge in [-0.15, -0.1) is 0 Å². The molecule has 0 spiro atoms. The molecule has 5 N–H and O–H groups in total. The first kappa shape index (κ1) is 21.1. The predicted molar refractivity (Wildman–Crippen MR) is 133 cm³/mol. The molecule has 0 saturated heterocycles. The fourth-order valence-corrected chi connectivity index (χ4v) is 4.56. The van der Waals surface area contributed by atoms with Gasteiger partial charge in [0.25, 0.3) is 0 Å². The highest BCUT2D eigenvalue weighted by Crippen LogP contribution is 2.42. The summed E-state index contributed by atoms with van der Waals surface area (Å²) in [4.78, 5) is 9.41. The van der Waals surface area contributed by atoms with Gasteiger partial charge in [0, 0.05) is 28.1 Å². The number of hydrogen-bond acceptors (Lipinski definition) is 6. The van der Waals surface area contributed by atoms with E-state index < -0.39 is 0 Å². The number of furan rings is 1. The Morgan fingerprint density at radius 2 is 1.70 bits per heavy atom. The van der Waals surface area contributed by atoms with Crippen molar-refractivity contribution in [1.82, 2.24) is 9.97 Å². The summed E-state index contributed by atoms with van der Waals surface area (Å²) in [6, 6.07) is 18.3. The number of nitrogens with one attached hydrogen (secondary N) is 1. The Kier molecular flexibility index (Phi) is 5.10. The molecule has 4 aromatic rings. The highest BCUT2D eigenvalue weighted by atomic mass is 16.3.